The van der Waals surface area contributed by atoms with Crippen LogP contribution in [0.2, 0.25) is 0 Å². The minimum Gasteiger partial charge on any atom is -0.393 e. The molecule has 0 radical (unpaired) electrons. The number of aliphatic hydroxyl groups excluding tert-OH is 1. The first-order valence-electron chi connectivity index (χ1n) is 3.60. The molecule has 1 aliphatic rings. The van der Waals surface area contributed by atoms with Crippen LogP contribution in [-0.2, 0) is 10.1 Å². The summed E-state index contributed by atoms with van der Waals surface area (Å²) in [6, 6.07) is 0. The smallest absolute Gasteiger partial charge is 0.265 e. The Balaban J connectivity index is 2.41. The third-order valence-electron chi connectivity index (χ3n) is 1.96. The Bertz CT molecular complexity index is 221. The third kappa shape index (κ3) is 3.18. The van der Waals surface area contributed by atoms with Gasteiger partial charge in [0.05, 0.1) is 11.9 Å². The van der Waals surface area contributed by atoms with Gasteiger partial charge in [0.2, 0.25) is 0 Å². The lowest BCUT2D eigenvalue weighted by Gasteiger charge is -2.04. The van der Waals surface area contributed by atoms with E-state index in [1.807, 2.05) is 0 Å². The lowest BCUT2D eigenvalue weighted by atomic mass is 10.1. The zero-order valence-electron chi connectivity index (χ0n) is 6.10. The van der Waals surface area contributed by atoms with Crippen molar-refractivity contribution in [2.24, 2.45) is 5.92 Å². The van der Waals surface area contributed by atoms with Crippen molar-refractivity contribution in [2.75, 3.05) is 5.75 Å². The molecule has 0 saturated heterocycles. The van der Waals surface area contributed by atoms with Crippen molar-refractivity contribution in [1.29, 1.82) is 0 Å². The van der Waals surface area contributed by atoms with E-state index >= 15 is 0 Å². The number of hydrogen-bond acceptors (Lipinski definition) is 3. The highest BCUT2D eigenvalue weighted by atomic mass is 32.2. The Kier molecular flexibility index (Phi) is 2.51. The molecule has 66 valence electrons. The SMILES string of the molecule is O=S(=O)(O)C[C@@H]1CC[C@H](O)C1. The average molecular weight is 180 g/mol. The van der Waals surface area contributed by atoms with Crippen molar-refractivity contribution >= 4 is 10.1 Å². The van der Waals surface area contributed by atoms with Crippen molar-refractivity contribution in [3.05, 3.63) is 0 Å². The van der Waals surface area contributed by atoms with Gasteiger partial charge in [-0.3, -0.25) is 4.55 Å². The van der Waals surface area contributed by atoms with Crippen LogP contribution in [0.4, 0.5) is 0 Å². The summed E-state index contributed by atoms with van der Waals surface area (Å²) in [6.07, 6.45) is 1.47. The fourth-order valence-electron chi connectivity index (χ4n) is 1.50. The van der Waals surface area contributed by atoms with Gasteiger partial charge in [-0.25, -0.2) is 0 Å². The largest absolute Gasteiger partial charge is 0.393 e. The molecule has 0 aromatic heterocycles. The van der Waals surface area contributed by atoms with Crippen molar-refractivity contribution in [3.8, 4) is 0 Å². The fraction of sp³-hybridized carbons (Fsp3) is 1.00. The highest BCUT2D eigenvalue weighted by Gasteiger charge is 2.26. The minimum atomic E-state index is -3.84. The molecule has 0 heterocycles. The molecule has 2 atom stereocenters. The van der Waals surface area contributed by atoms with Gasteiger partial charge < -0.3 is 5.11 Å². The van der Waals surface area contributed by atoms with Crippen molar-refractivity contribution in [3.63, 3.8) is 0 Å². The van der Waals surface area contributed by atoms with Crippen LogP contribution >= 0.6 is 0 Å². The molecule has 0 aromatic rings. The summed E-state index contributed by atoms with van der Waals surface area (Å²) in [5, 5.41) is 9.02. The predicted molar refractivity (Wildman–Crippen MR) is 39.8 cm³/mol. The van der Waals surface area contributed by atoms with E-state index in [9.17, 15) is 8.42 Å². The summed E-state index contributed by atoms with van der Waals surface area (Å²) in [7, 11) is -3.84. The maximum Gasteiger partial charge on any atom is 0.265 e. The van der Waals surface area contributed by atoms with Crippen LogP contribution in [0.1, 0.15) is 19.3 Å². The van der Waals surface area contributed by atoms with E-state index < -0.39 is 10.1 Å². The van der Waals surface area contributed by atoms with Gasteiger partial charge in [0.1, 0.15) is 0 Å². The highest BCUT2D eigenvalue weighted by Crippen LogP contribution is 2.26. The fourth-order valence-corrected chi connectivity index (χ4v) is 2.40. The van der Waals surface area contributed by atoms with E-state index in [1.165, 1.54) is 0 Å². The lowest BCUT2D eigenvalue weighted by Crippen LogP contribution is -2.13. The molecule has 0 spiro atoms. The molecule has 0 aliphatic heterocycles. The molecule has 0 amide bonds. The Morgan fingerprint density at radius 3 is 2.36 bits per heavy atom. The molecule has 1 fully saturated rings. The summed E-state index contributed by atoms with van der Waals surface area (Å²) >= 11 is 0. The van der Waals surface area contributed by atoms with Crippen molar-refractivity contribution in [1.82, 2.24) is 0 Å². The lowest BCUT2D eigenvalue weighted by molar-refractivity contribution is 0.179. The van der Waals surface area contributed by atoms with E-state index in [4.69, 9.17) is 9.66 Å². The van der Waals surface area contributed by atoms with E-state index in [0.29, 0.717) is 19.3 Å². The van der Waals surface area contributed by atoms with Gasteiger partial charge in [0, 0.05) is 0 Å². The Labute approximate surface area is 66.0 Å². The molecule has 11 heavy (non-hydrogen) atoms. The summed E-state index contributed by atoms with van der Waals surface area (Å²) in [5.74, 6) is -0.260. The topological polar surface area (TPSA) is 74.6 Å². The number of rotatable bonds is 2. The zero-order valence-corrected chi connectivity index (χ0v) is 6.92. The average Bonchev–Trinajstić information content (AvgIpc) is 2.10. The standard InChI is InChI=1S/C6H12O4S/c7-6-2-1-5(3-6)4-11(8,9)10/h5-7H,1-4H2,(H,8,9,10)/t5-,6+/m1/s1. The van der Waals surface area contributed by atoms with Gasteiger partial charge in [-0.05, 0) is 25.2 Å². The second-order valence-corrected chi connectivity index (χ2v) is 4.58. The molecule has 5 heteroatoms. The number of aliphatic hydroxyl groups is 1. The van der Waals surface area contributed by atoms with Crippen LogP contribution < -0.4 is 0 Å². The highest BCUT2D eigenvalue weighted by molar-refractivity contribution is 7.85. The monoisotopic (exact) mass is 180 g/mol. The number of hydrogen-bond donors (Lipinski definition) is 2. The predicted octanol–water partition coefficient (Wildman–Crippen LogP) is 0.0352. The maximum absolute atomic E-state index is 10.4. The molecule has 0 aromatic carbocycles. The van der Waals surface area contributed by atoms with Gasteiger partial charge in [0.25, 0.3) is 10.1 Å². The molecular weight excluding hydrogens is 168 g/mol. The molecule has 1 aliphatic carbocycles. The Morgan fingerprint density at radius 1 is 1.36 bits per heavy atom. The Hall–Kier alpha value is -0.130. The van der Waals surface area contributed by atoms with Crippen LogP contribution in [0.5, 0.6) is 0 Å². The molecule has 1 saturated carbocycles. The van der Waals surface area contributed by atoms with E-state index in [2.05, 4.69) is 0 Å². The van der Waals surface area contributed by atoms with Gasteiger partial charge >= 0.3 is 0 Å². The first kappa shape index (κ1) is 8.96. The van der Waals surface area contributed by atoms with E-state index in [1.54, 1.807) is 0 Å². The molecule has 0 unspecified atom stereocenters. The maximum atomic E-state index is 10.4. The first-order valence-corrected chi connectivity index (χ1v) is 5.21. The zero-order chi connectivity index (χ0) is 8.48. The summed E-state index contributed by atoms with van der Waals surface area (Å²) < 4.78 is 29.2. The van der Waals surface area contributed by atoms with E-state index in [-0.39, 0.29) is 17.8 Å². The van der Waals surface area contributed by atoms with Gasteiger partial charge in [0.15, 0.2) is 0 Å². The molecule has 2 N–H and O–H groups in total. The molecule has 4 nitrogen and oxygen atoms in total. The van der Waals surface area contributed by atoms with Crippen LogP contribution in [0, 0.1) is 5.92 Å². The molecule has 1 rings (SSSR count). The van der Waals surface area contributed by atoms with Gasteiger partial charge in [-0.1, -0.05) is 0 Å². The normalized spacial score (nSPS) is 32.5. The van der Waals surface area contributed by atoms with Crippen molar-refractivity contribution in [2.45, 2.75) is 25.4 Å². The Morgan fingerprint density at radius 2 is 2.00 bits per heavy atom. The van der Waals surface area contributed by atoms with Crippen molar-refractivity contribution < 1.29 is 18.1 Å². The summed E-state index contributed by atoms with van der Waals surface area (Å²) in [5.41, 5.74) is 0. The van der Waals surface area contributed by atoms with Crippen LogP contribution in [0.3, 0.4) is 0 Å². The second-order valence-electron chi connectivity index (χ2n) is 3.08. The second kappa shape index (κ2) is 3.08. The van der Waals surface area contributed by atoms with Crippen LogP contribution in [-0.4, -0.2) is 29.9 Å². The molecule has 0 bridgehead atoms. The van der Waals surface area contributed by atoms with Crippen LogP contribution in [0.15, 0.2) is 0 Å². The molecular formula is C6H12O4S. The minimum absolute atomic E-state index is 0.0556. The first-order chi connectivity index (χ1) is 4.97. The van der Waals surface area contributed by atoms with Gasteiger partial charge in [-0.2, -0.15) is 8.42 Å². The van der Waals surface area contributed by atoms with Crippen LogP contribution in [0.25, 0.3) is 0 Å². The third-order valence-corrected chi connectivity index (χ3v) is 2.85. The van der Waals surface area contributed by atoms with Gasteiger partial charge in [-0.15, -0.1) is 0 Å². The summed E-state index contributed by atoms with van der Waals surface area (Å²) in [4.78, 5) is 0. The quantitative estimate of drug-likeness (QED) is 0.588. The van der Waals surface area contributed by atoms with E-state index in [0.717, 1.165) is 0 Å². The summed E-state index contributed by atoms with van der Waals surface area (Å²) in [6.45, 7) is 0.